The molecule has 1 aliphatic rings. The van der Waals surface area contributed by atoms with E-state index in [1.54, 1.807) is 13.2 Å². The van der Waals surface area contributed by atoms with E-state index in [9.17, 15) is 4.79 Å². The maximum atomic E-state index is 13.6. The number of anilines is 1. The van der Waals surface area contributed by atoms with Crippen LogP contribution < -0.4 is 9.64 Å². The first kappa shape index (κ1) is 25.7. The summed E-state index contributed by atoms with van der Waals surface area (Å²) >= 11 is 0. The van der Waals surface area contributed by atoms with Crippen LogP contribution in [0, 0.1) is 6.92 Å². The van der Waals surface area contributed by atoms with Gasteiger partial charge in [-0.2, -0.15) is 0 Å². The molecule has 36 heavy (non-hydrogen) atoms. The molecule has 0 spiro atoms. The number of benzene rings is 3. The number of ether oxygens (including phenoxy) is 1. The monoisotopic (exact) mass is 483 g/mol. The smallest absolute Gasteiger partial charge is 0.187 e. The van der Waals surface area contributed by atoms with Crippen LogP contribution in [-0.4, -0.2) is 70.0 Å². The summed E-state index contributed by atoms with van der Waals surface area (Å²) in [5.41, 5.74) is 7.26. The summed E-state index contributed by atoms with van der Waals surface area (Å²) in [5, 5.41) is 0. The first-order valence-corrected chi connectivity index (χ1v) is 12.5. The standard InChI is InChI=1S/C31H37N3O2/c1-23-8-6-7-9-27(23)25-12-13-29(34-18-16-33(4)17-19-34)28(21-25)30(35)14-10-24-11-15-31(36-5)26(20-24)22-32(2)3/h6-15,20-21H,16-19,22H2,1-5H3/b14-10+. The molecule has 1 aliphatic heterocycles. The van der Waals surface area contributed by atoms with E-state index in [4.69, 9.17) is 4.74 Å². The predicted molar refractivity (Wildman–Crippen MR) is 150 cm³/mol. The Balaban J connectivity index is 1.68. The number of piperazine rings is 1. The van der Waals surface area contributed by atoms with E-state index in [0.29, 0.717) is 0 Å². The zero-order chi connectivity index (χ0) is 25.7. The van der Waals surface area contributed by atoms with Gasteiger partial charge in [-0.15, -0.1) is 0 Å². The molecule has 3 aromatic carbocycles. The SMILES string of the molecule is COc1ccc(/C=C/C(=O)c2cc(-c3ccccc3C)ccc2N2CCN(C)CC2)cc1CN(C)C. The van der Waals surface area contributed by atoms with Crippen molar-refractivity contribution in [3.63, 3.8) is 0 Å². The number of carbonyl (C=O) groups is 1. The van der Waals surface area contributed by atoms with Crippen molar-refractivity contribution in [2.75, 3.05) is 59.3 Å². The van der Waals surface area contributed by atoms with Crippen molar-refractivity contribution in [1.29, 1.82) is 0 Å². The lowest BCUT2D eigenvalue weighted by Crippen LogP contribution is -2.45. The summed E-state index contributed by atoms with van der Waals surface area (Å²) in [6.45, 7) is 6.69. The minimum Gasteiger partial charge on any atom is -0.496 e. The molecular formula is C31H37N3O2. The van der Waals surface area contributed by atoms with Crippen LogP contribution >= 0.6 is 0 Å². The number of carbonyl (C=O) groups excluding carboxylic acids is 1. The zero-order valence-corrected chi connectivity index (χ0v) is 22.1. The van der Waals surface area contributed by atoms with E-state index in [2.05, 4.69) is 65.1 Å². The number of rotatable bonds is 8. The fourth-order valence-corrected chi connectivity index (χ4v) is 4.75. The Morgan fingerprint density at radius 1 is 1.00 bits per heavy atom. The van der Waals surface area contributed by atoms with Crippen molar-refractivity contribution < 1.29 is 9.53 Å². The van der Waals surface area contributed by atoms with Crippen molar-refractivity contribution in [3.8, 4) is 16.9 Å². The minimum atomic E-state index is 0.0179. The normalized spacial score (nSPS) is 14.6. The van der Waals surface area contributed by atoms with Crippen LogP contribution in [0.15, 0.2) is 66.7 Å². The Morgan fingerprint density at radius 2 is 1.75 bits per heavy atom. The summed E-state index contributed by atoms with van der Waals surface area (Å²) < 4.78 is 5.52. The molecule has 5 nitrogen and oxygen atoms in total. The summed E-state index contributed by atoms with van der Waals surface area (Å²) in [6, 6.07) is 20.7. The highest BCUT2D eigenvalue weighted by molar-refractivity contribution is 6.11. The van der Waals surface area contributed by atoms with E-state index in [1.807, 2.05) is 44.4 Å². The molecule has 1 fully saturated rings. The summed E-state index contributed by atoms with van der Waals surface area (Å²) in [5.74, 6) is 0.875. The van der Waals surface area contributed by atoms with Gasteiger partial charge in [-0.05, 0) is 80.7 Å². The maximum Gasteiger partial charge on any atom is 0.187 e. The average Bonchev–Trinajstić information content (AvgIpc) is 2.87. The maximum absolute atomic E-state index is 13.6. The first-order chi connectivity index (χ1) is 17.4. The van der Waals surface area contributed by atoms with E-state index in [0.717, 1.165) is 72.0 Å². The van der Waals surface area contributed by atoms with Crippen molar-refractivity contribution in [2.24, 2.45) is 0 Å². The molecule has 3 aromatic rings. The molecule has 0 amide bonds. The lowest BCUT2D eigenvalue weighted by molar-refractivity contribution is 0.104. The average molecular weight is 484 g/mol. The summed E-state index contributed by atoms with van der Waals surface area (Å²) in [6.07, 6.45) is 3.62. The molecule has 0 saturated carbocycles. The third-order valence-electron chi connectivity index (χ3n) is 6.78. The highest BCUT2D eigenvalue weighted by Gasteiger charge is 2.20. The number of likely N-dealkylation sites (N-methyl/N-ethyl adjacent to an activating group) is 1. The van der Waals surface area contributed by atoms with Gasteiger partial charge in [-0.1, -0.05) is 42.5 Å². The second kappa shape index (κ2) is 11.5. The van der Waals surface area contributed by atoms with Crippen LogP contribution in [0.25, 0.3) is 17.2 Å². The molecule has 0 radical (unpaired) electrons. The van der Waals surface area contributed by atoms with Gasteiger partial charge in [-0.25, -0.2) is 0 Å². The van der Waals surface area contributed by atoms with E-state index < -0.39 is 0 Å². The molecule has 188 valence electrons. The minimum absolute atomic E-state index is 0.0179. The van der Waals surface area contributed by atoms with Crippen LogP contribution in [0.3, 0.4) is 0 Å². The fraction of sp³-hybridized carbons (Fsp3) is 0.323. The van der Waals surface area contributed by atoms with Crippen LogP contribution in [0.4, 0.5) is 5.69 Å². The Hall–Kier alpha value is -3.41. The first-order valence-electron chi connectivity index (χ1n) is 12.5. The van der Waals surface area contributed by atoms with E-state index in [-0.39, 0.29) is 5.78 Å². The topological polar surface area (TPSA) is 36.0 Å². The number of allylic oxidation sites excluding steroid dienone is 1. The van der Waals surface area contributed by atoms with Crippen LogP contribution in [0.2, 0.25) is 0 Å². The third kappa shape index (κ3) is 6.04. The van der Waals surface area contributed by atoms with Gasteiger partial charge < -0.3 is 19.4 Å². The molecule has 1 saturated heterocycles. The molecule has 0 bridgehead atoms. The summed E-state index contributed by atoms with van der Waals surface area (Å²) in [4.78, 5) is 20.4. The van der Waals surface area contributed by atoms with Gasteiger partial charge >= 0.3 is 0 Å². The molecule has 1 heterocycles. The van der Waals surface area contributed by atoms with Gasteiger partial charge in [0.15, 0.2) is 5.78 Å². The number of methoxy groups -OCH3 is 1. The van der Waals surface area contributed by atoms with Gasteiger partial charge in [0.25, 0.3) is 0 Å². The number of ketones is 1. The number of hydrogen-bond donors (Lipinski definition) is 0. The van der Waals surface area contributed by atoms with Gasteiger partial charge in [0, 0.05) is 49.5 Å². The molecule has 5 heteroatoms. The lowest BCUT2D eigenvalue weighted by Gasteiger charge is -2.35. The second-order valence-corrected chi connectivity index (χ2v) is 9.84. The van der Waals surface area contributed by atoms with Crippen LogP contribution in [-0.2, 0) is 6.54 Å². The Kier molecular flexibility index (Phi) is 8.24. The van der Waals surface area contributed by atoms with Crippen molar-refractivity contribution >= 4 is 17.5 Å². The Morgan fingerprint density at radius 3 is 2.44 bits per heavy atom. The molecular weight excluding hydrogens is 446 g/mol. The molecule has 0 N–H and O–H groups in total. The molecule has 0 unspecified atom stereocenters. The third-order valence-corrected chi connectivity index (χ3v) is 6.78. The van der Waals surface area contributed by atoms with Gasteiger partial charge in [0.1, 0.15) is 5.75 Å². The lowest BCUT2D eigenvalue weighted by atomic mass is 9.95. The number of aryl methyl sites for hydroxylation is 1. The zero-order valence-electron chi connectivity index (χ0n) is 22.1. The molecule has 0 aromatic heterocycles. The van der Waals surface area contributed by atoms with Gasteiger partial charge in [0.05, 0.1) is 7.11 Å². The van der Waals surface area contributed by atoms with Gasteiger partial charge in [0.2, 0.25) is 0 Å². The number of nitrogens with zero attached hydrogens (tertiary/aromatic N) is 3. The highest BCUT2D eigenvalue weighted by atomic mass is 16.5. The van der Waals surface area contributed by atoms with Gasteiger partial charge in [-0.3, -0.25) is 4.79 Å². The van der Waals surface area contributed by atoms with Crippen LogP contribution in [0.5, 0.6) is 5.75 Å². The van der Waals surface area contributed by atoms with Crippen LogP contribution in [0.1, 0.15) is 27.0 Å². The largest absolute Gasteiger partial charge is 0.496 e. The second-order valence-electron chi connectivity index (χ2n) is 9.84. The molecule has 0 aliphatic carbocycles. The quantitative estimate of drug-likeness (QED) is 0.318. The van der Waals surface area contributed by atoms with Crippen molar-refractivity contribution in [1.82, 2.24) is 9.80 Å². The molecule has 4 rings (SSSR count). The Labute approximate surface area is 215 Å². The van der Waals surface area contributed by atoms with E-state index in [1.165, 1.54) is 5.56 Å². The number of hydrogen-bond acceptors (Lipinski definition) is 5. The summed E-state index contributed by atoms with van der Waals surface area (Å²) in [7, 11) is 7.90. The Bertz CT molecular complexity index is 1240. The van der Waals surface area contributed by atoms with Crippen molar-refractivity contribution in [3.05, 3.63) is 89.0 Å². The predicted octanol–water partition coefficient (Wildman–Crippen LogP) is 5.38. The van der Waals surface area contributed by atoms with E-state index >= 15 is 0 Å². The molecule has 0 atom stereocenters. The fourth-order valence-electron chi connectivity index (χ4n) is 4.75. The highest BCUT2D eigenvalue weighted by Crippen LogP contribution is 2.31. The van der Waals surface area contributed by atoms with Crippen molar-refractivity contribution in [2.45, 2.75) is 13.5 Å².